The topological polar surface area (TPSA) is 96.6 Å². The van der Waals surface area contributed by atoms with E-state index in [-0.39, 0.29) is 10.1 Å². The van der Waals surface area contributed by atoms with Crippen molar-refractivity contribution < 1.29 is 13.2 Å². The average molecular weight is 304 g/mol. The molecule has 1 saturated heterocycles. The summed E-state index contributed by atoms with van der Waals surface area (Å²) in [6.07, 6.45) is 2.79. The summed E-state index contributed by atoms with van der Waals surface area (Å²) in [5.41, 5.74) is 0. The van der Waals surface area contributed by atoms with E-state index in [2.05, 4.69) is 4.98 Å². The summed E-state index contributed by atoms with van der Waals surface area (Å²) in [5, 5.41) is 5.61. The number of thiazole rings is 1. The van der Waals surface area contributed by atoms with Crippen LogP contribution in [0.3, 0.4) is 0 Å². The molecule has 7 nitrogen and oxygen atoms in total. The van der Waals surface area contributed by atoms with Crippen LogP contribution in [0.15, 0.2) is 10.4 Å². The maximum absolute atomic E-state index is 11.5. The molecule has 0 unspecified atom stereocenters. The maximum atomic E-state index is 11.5. The second kappa shape index (κ2) is 5.43. The van der Waals surface area contributed by atoms with Crippen molar-refractivity contribution in [3.63, 3.8) is 0 Å². The van der Waals surface area contributed by atoms with E-state index in [0.29, 0.717) is 24.6 Å². The molecule has 1 aromatic heterocycles. The Bertz CT molecular complexity index is 569. The van der Waals surface area contributed by atoms with E-state index in [0.717, 1.165) is 24.3 Å². The molecule has 0 atom stereocenters. The number of nitrogens with two attached hydrogens (primary N) is 1. The molecule has 0 aromatic carbocycles. The van der Waals surface area contributed by atoms with Gasteiger partial charge in [-0.05, 0) is 6.42 Å². The standard InChI is InChI=1S/C10H16N4O3S2/c1-13(5-6-14-4-2-3-8(14)15)10-12-7-9(18-10)19(11,16)17/h7H,2-6H2,1H3,(H2,11,16,17). The fraction of sp³-hybridized carbons (Fsp3) is 0.600. The van der Waals surface area contributed by atoms with Crippen molar-refractivity contribution in [3.05, 3.63) is 6.20 Å². The summed E-state index contributed by atoms with van der Waals surface area (Å²) in [6.45, 7) is 2.04. The third kappa shape index (κ3) is 3.43. The number of primary sulfonamides is 1. The molecule has 1 amide bonds. The van der Waals surface area contributed by atoms with E-state index in [4.69, 9.17) is 5.14 Å². The molecule has 0 radical (unpaired) electrons. The number of aromatic nitrogens is 1. The molecule has 1 aliphatic rings. The lowest BCUT2D eigenvalue weighted by Crippen LogP contribution is -2.33. The number of likely N-dealkylation sites (N-methyl/N-ethyl adjacent to an activating group) is 1. The van der Waals surface area contributed by atoms with Gasteiger partial charge in [0.15, 0.2) is 9.34 Å². The highest BCUT2D eigenvalue weighted by Gasteiger charge is 2.21. The zero-order chi connectivity index (χ0) is 14.0. The first kappa shape index (κ1) is 14.2. The molecule has 9 heteroatoms. The van der Waals surface area contributed by atoms with Crippen molar-refractivity contribution in [1.29, 1.82) is 0 Å². The van der Waals surface area contributed by atoms with Crippen LogP contribution in [0.5, 0.6) is 0 Å². The molecule has 19 heavy (non-hydrogen) atoms. The Hall–Kier alpha value is -1.19. The first-order chi connectivity index (χ1) is 8.88. The first-order valence-electron chi connectivity index (χ1n) is 5.85. The molecular formula is C10H16N4O3S2. The number of sulfonamides is 1. The van der Waals surface area contributed by atoms with Gasteiger partial charge in [0, 0.05) is 33.1 Å². The van der Waals surface area contributed by atoms with E-state index < -0.39 is 10.0 Å². The van der Waals surface area contributed by atoms with E-state index in [1.54, 1.807) is 0 Å². The van der Waals surface area contributed by atoms with Crippen molar-refractivity contribution >= 4 is 32.4 Å². The number of likely N-dealkylation sites (tertiary alicyclic amines) is 1. The van der Waals surface area contributed by atoms with Crippen LogP contribution in [0.4, 0.5) is 5.13 Å². The molecule has 1 aromatic rings. The van der Waals surface area contributed by atoms with Gasteiger partial charge in [0.25, 0.3) is 0 Å². The second-order valence-electron chi connectivity index (χ2n) is 4.41. The van der Waals surface area contributed by atoms with Crippen LogP contribution < -0.4 is 10.0 Å². The van der Waals surface area contributed by atoms with Crippen molar-refractivity contribution in [2.24, 2.45) is 5.14 Å². The molecular weight excluding hydrogens is 288 g/mol. The van der Waals surface area contributed by atoms with E-state index in [1.807, 2.05) is 16.8 Å². The molecule has 0 bridgehead atoms. The lowest BCUT2D eigenvalue weighted by atomic mass is 10.4. The molecule has 0 aliphatic carbocycles. The van der Waals surface area contributed by atoms with Gasteiger partial charge in [-0.2, -0.15) is 0 Å². The fourth-order valence-corrected chi connectivity index (χ4v) is 3.39. The predicted molar refractivity (Wildman–Crippen MR) is 72.6 cm³/mol. The number of carbonyl (C=O) groups excluding carboxylic acids is 1. The monoisotopic (exact) mass is 304 g/mol. The number of nitrogens with zero attached hydrogens (tertiary/aromatic N) is 3. The minimum Gasteiger partial charge on any atom is -0.349 e. The number of rotatable bonds is 5. The highest BCUT2D eigenvalue weighted by Crippen LogP contribution is 2.24. The normalized spacial score (nSPS) is 16.1. The molecule has 0 saturated carbocycles. The number of carbonyl (C=O) groups is 1. The van der Waals surface area contributed by atoms with Gasteiger partial charge in [0.2, 0.25) is 15.9 Å². The van der Waals surface area contributed by atoms with E-state index in [1.165, 1.54) is 6.20 Å². The highest BCUT2D eigenvalue weighted by molar-refractivity contribution is 7.91. The van der Waals surface area contributed by atoms with Crippen LogP contribution >= 0.6 is 11.3 Å². The number of amides is 1. The summed E-state index contributed by atoms with van der Waals surface area (Å²) in [6, 6.07) is 0. The summed E-state index contributed by atoms with van der Waals surface area (Å²) < 4.78 is 22.4. The van der Waals surface area contributed by atoms with Crippen molar-refractivity contribution in [2.75, 3.05) is 31.6 Å². The predicted octanol–water partition coefficient (Wildman–Crippen LogP) is -0.151. The van der Waals surface area contributed by atoms with Crippen LogP contribution in [0.2, 0.25) is 0 Å². The SMILES string of the molecule is CN(CCN1CCCC1=O)c1ncc(S(N)(=O)=O)s1. The Morgan fingerprint density at radius 3 is 2.84 bits per heavy atom. The van der Waals surface area contributed by atoms with Gasteiger partial charge in [-0.25, -0.2) is 18.5 Å². The van der Waals surface area contributed by atoms with Gasteiger partial charge in [-0.15, -0.1) is 0 Å². The van der Waals surface area contributed by atoms with E-state index in [9.17, 15) is 13.2 Å². The Balaban J connectivity index is 1.94. The van der Waals surface area contributed by atoms with Crippen LogP contribution in [-0.4, -0.2) is 50.9 Å². The third-order valence-corrected chi connectivity index (χ3v) is 5.48. The number of hydrogen-bond acceptors (Lipinski definition) is 6. The minimum absolute atomic E-state index is 0.0478. The Labute approximate surface area is 116 Å². The zero-order valence-electron chi connectivity index (χ0n) is 10.6. The molecule has 1 aliphatic heterocycles. The Morgan fingerprint density at radius 1 is 1.58 bits per heavy atom. The molecule has 0 spiro atoms. The van der Waals surface area contributed by atoms with Gasteiger partial charge >= 0.3 is 0 Å². The molecule has 2 rings (SSSR count). The summed E-state index contributed by atoms with van der Waals surface area (Å²) >= 11 is 1.03. The largest absolute Gasteiger partial charge is 0.349 e. The first-order valence-corrected chi connectivity index (χ1v) is 8.22. The maximum Gasteiger partial charge on any atom is 0.249 e. The number of hydrogen-bond donors (Lipinski definition) is 1. The fourth-order valence-electron chi connectivity index (χ4n) is 1.87. The Morgan fingerprint density at radius 2 is 2.32 bits per heavy atom. The molecule has 1 fully saturated rings. The van der Waals surface area contributed by atoms with E-state index >= 15 is 0 Å². The van der Waals surface area contributed by atoms with Crippen LogP contribution in [-0.2, 0) is 14.8 Å². The minimum atomic E-state index is -3.69. The van der Waals surface area contributed by atoms with Crippen LogP contribution in [0.25, 0.3) is 0 Å². The Kier molecular flexibility index (Phi) is 4.07. The van der Waals surface area contributed by atoms with Gasteiger partial charge in [0.05, 0.1) is 6.20 Å². The van der Waals surface area contributed by atoms with Crippen molar-refractivity contribution in [1.82, 2.24) is 9.88 Å². The van der Waals surface area contributed by atoms with Gasteiger partial charge in [0.1, 0.15) is 0 Å². The zero-order valence-corrected chi connectivity index (χ0v) is 12.2. The van der Waals surface area contributed by atoms with Gasteiger partial charge in [-0.3, -0.25) is 4.79 Å². The van der Waals surface area contributed by atoms with Gasteiger partial charge in [-0.1, -0.05) is 11.3 Å². The molecule has 106 valence electrons. The third-order valence-electron chi connectivity index (χ3n) is 2.96. The summed E-state index contributed by atoms with van der Waals surface area (Å²) in [5.74, 6) is 0.178. The second-order valence-corrected chi connectivity index (χ2v) is 7.21. The van der Waals surface area contributed by atoms with Crippen LogP contribution in [0, 0.1) is 0 Å². The van der Waals surface area contributed by atoms with Crippen molar-refractivity contribution in [3.8, 4) is 0 Å². The summed E-state index contributed by atoms with van der Waals surface area (Å²) in [7, 11) is -1.88. The van der Waals surface area contributed by atoms with Crippen molar-refractivity contribution in [2.45, 2.75) is 17.1 Å². The lowest BCUT2D eigenvalue weighted by Gasteiger charge is -2.21. The molecule has 2 N–H and O–H groups in total. The average Bonchev–Trinajstić information content (AvgIpc) is 2.93. The highest BCUT2D eigenvalue weighted by atomic mass is 32.2. The van der Waals surface area contributed by atoms with Gasteiger partial charge < -0.3 is 9.80 Å². The quantitative estimate of drug-likeness (QED) is 0.816. The summed E-state index contributed by atoms with van der Waals surface area (Å²) in [4.78, 5) is 19.1. The van der Waals surface area contributed by atoms with Crippen LogP contribution in [0.1, 0.15) is 12.8 Å². The lowest BCUT2D eigenvalue weighted by molar-refractivity contribution is -0.127. The number of anilines is 1. The smallest absolute Gasteiger partial charge is 0.249 e. The molecule has 2 heterocycles.